The first-order valence-electron chi connectivity index (χ1n) is 4.82. The Kier molecular flexibility index (Phi) is 4.11. The van der Waals surface area contributed by atoms with Gasteiger partial charge in [-0.25, -0.2) is 4.98 Å². The number of carbonyl (C=O) groups is 1. The Morgan fingerprint density at radius 1 is 1.50 bits per heavy atom. The summed E-state index contributed by atoms with van der Waals surface area (Å²) in [7, 11) is 1.54. The molecule has 0 bridgehead atoms. The summed E-state index contributed by atoms with van der Waals surface area (Å²) >= 11 is 0. The molecule has 76 valence electrons. The molecular weight excluding hydrogens is 178 g/mol. The lowest BCUT2D eigenvalue weighted by atomic mass is 10.1. The zero-order valence-electron chi connectivity index (χ0n) is 8.62. The lowest BCUT2D eigenvalue weighted by molar-refractivity contribution is 0.0974. The smallest absolute Gasteiger partial charge is 0.213 e. The zero-order chi connectivity index (χ0) is 10.4. The fraction of sp³-hybridized carbons (Fsp3) is 0.455. The van der Waals surface area contributed by atoms with Crippen LogP contribution in [0.25, 0.3) is 0 Å². The highest BCUT2D eigenvalue weighted by Gasteiger charge is 2.07. The summed E-state index contributed by atoms with van der Waals surface area (Å²) in [5.41, 5.74) is 0.498. The van der Waals surface area contributed by atoms with Gasteiger partial charge >= 0.3 is 0 Å². The van der Waals surface area contributed by atoms with Crippen molar-refractivity contribution in [1.82, 2.24) is 4.98 Å². The van der Waals surface area contributed by atoms with Gasteiger partial charge in [-0.05, 0) is 12.5 Å². The summed E-state index contributed by atoms with van der Waals surface area (Å²) in [6, 6.07) is 5.24. The average Bonchev–Trinajstić information content (AvgIpc) is 2.26. The summed E-state index contributed by atoms with van der Waals surface area (Å²) in [4.78, 5) is 15.6. The molecule has 3 nitrogen and oxygen atoms in total. The SMILES string of the molecule is CCCCC(=O)c1cccc(OC)n1. The van der Waals surface area contributed by atoms with Crippen LogP contribution in [0.5, 0.6) is 5.88 Å². The van der Waals surface area contributed by atoms with Crippen LogP contribution >= 0.6 is 0 Å². The quantitative estimate of drug-likeness (QED) is 0.674. The maximum absolute atomic E-state index is 11.6. The molecule has 0 atom stereocenters. The number of hydrogen-bond donors (Lipinski definition) is 0. The van der Waals surface area contributed by atoms with E-state index >= 15 is 0 Å². The molecule has 3 heteroatoms. The van der Waals surface area contributed by atoms with E-state index in [-0.39, 0.29) is 5.78 Å². The molecule has 0 amide bonds. The molecule has 0 fully saturated rings. The van der Waals surface area contributed by atoms with Crippen molar-refractivity contribution < 1.29 is 9.53 Å². The Hall–Kier alpha value is -1.38. The number of nitrogens with zero attached hydrogens (tertiary/aromatic N) is 1. The number of pyridine rings is 1. The summed E-state index contributed by atoms with van der Waals surface area (Å²) in [5.74, 6) is 0.582. The molecule has 1 aromatic rings. The third-order valence-electron chi connectivity index (χ3n) is 1.98. The van der Waals surface area contributed by atoms with Crippen molar-refractivity contribution in [3.8, 4) is 5.88 Å². The molecule has 1 aromatic heterocycles. The zero-order valence-corrected chi connectivity index (χ0v) is 8.62. The monoisotopic (exact) mass is 193 g/mol. The van der Waals surface area contributed by atoms with Gasteiger partial charge in [-0.3, -0.25) is 4.79 Å². The maximum Gasteiger partial charge on any atom is 0.213 e. The third kappa shape index (κ3) is 2.83. The Morgan fingerprint density at radius 3 is 2.93 bits per heavy atom. The summed E-state index contributed by atoms with van der Waals surface area (Å²) in [6.45, 7) is 2.06. The molecule has 0 aliphatic heterocycles. The minimum Gasteiger partial charge on any atom is -0.481 e. The van der Waals surface area contributed by atoms with Crippen LogP contribution in [0.1, 0.15) is 36.7 Å². The van der Waals surface area contributed by atoms with E-state index in [4.69, 9.17) is 4.74 Å². The van der Waals surface area contributed by atoms with Gasteiger partial charge in [-0.15, -0.1) is 0 Å². The molecule has 1 rings (SSSR count). The van der Waals surface area contributed by atoms with Crippen LogP contribution in [0.3, 0.4) is 0 Å². The fourth-order valence-electron chi connectivity index (χ4n) is 1.15. The van der Waals surface area contributed by atoms with Crippen LogP contribution in [0.2, 0.25) is 0 Å². The van der Waals surface area contributed by atoms with Gasteiger partial charge < -0.3 is 4.74 Å². The minimum absolute atomic E-state index is 0.0887. The molecule has 0 saturated carbocycles. The van der Waals surface area contributed by atoms with E-state index in [0.717, 1.165) is 12.8 Å². The number of carbonyl (C=O) groups excluding carboxylic acids is 1. The number of Topliss-reactive ketones (excluding diaryl/α,β-unsaturated/α-hetero) is 1. The largest absolute Gasteiger partial charge is 0.481 e. The van der Waals surface area contributed by atoms with E-state index in [1.165, 1.54) is 0 Å². The number of hydrogen-bond acceptors (Lipinski definition) is 3. The fourth-order valence-corrected chi connectivity index (χ4v) is 1.15. The molecule has 0 spiro atoms. The van der Waals surface area contributed by atoms with Gasteiger partial charge in [0, 0.05) is 12.5 Å². The minimum atomic E-state index is 0.0887. The lowest BCUT2D eigenvalue weighted by Crippen LogP contribution is -2.02. The Morgan fingerprint density at radius 2 is 2.29 bits per heavy atom. The van der Waals surface area contributed by atoms with Crippen LogP contribution in [0.4, 0.5) is 0 Å². The second kappa shape index (κ2) is 5.37. The number of rotatable bonds is 5. The van der Waals surface area contributed by atoms with E-state index in [2.05, 4.69) is 11.9 Å². The molecule has 0 aliphatic rings. The maximum atomic E-state index is 11.6. The first-order chi connectivity index (χ1) is 6.77. The molecule has 0 unspecified atom stereocenters. The molecule has 0 saturated heterocycles. The van der Waals surface area contributed by atoms with Crippen LogP contribution < -0.4 is 4.74 Å². The van der Waals surface area contributed by atoms with Gasteiger partial charge in [-0.2, -0.15) is 0 Å². The Balaban J connectivity index is 2.69. The van der Waals surface area contributed by atoms with Crippen molar-refractivity contribution in [3.05, 3.63) is 23.9 Å². The van der Waals surface area contributed by atoms with Gasteiger partial charge in [-0.1, -0.05) is 19.4 Å². The molecule has 14 heavy (non-hydrogen) atoms. The highest BCUT2D eigenvalue weighted by molar-refractivity contribution is 5.94. The third-order valence-corrected chi connectivity index (χ3v) is 1.98. The van der Waals surface area contributed by atoms with E-state index in [1.54, 1.807) is 25.3 Å². The standard InChI is InChI=1S/C11H15NO2/c1-3-4-7-10(13)9-6-5-8-11(12-9)14-2/h5-6,8H,3-4,7H2,1-2H3. The highest BCUT2D eigenvalue weighted by atomic mass is 16.5. The number of unbranched alkanes of at least 4 members (excludes halogenated alkanes) is 1. The van der Waals surface area contributed by atoms with Crippen molar-refractivity contribution in [3.63, 3.8) is 0 Å². The van der Waals surface area contributed by atoms with Crippen LogP contribution in [-0.4, -0.2) is 17.9 Å². The molecule has 0 aliphatic carbocycles. The Bertz CT molecular complexity index is 310. The summed E-state index contributed by atoms with van der Waals surface area (Å²) in [5, 5.41) is 0. The predicted octanol–water partition coefficient (Wildman–Crippen LogP) is 2.46. The van der Waals surface area contributed by atoms with Gasteiger partial charge in [0.25, 0.3) is 0 Å². The second-order valence-corrected chi connectivity index (χ2v) is 3.09. The number of ketones is 1. The Labute approximate surface area is 84.1 Å². The van der Waals surface area contributed by atoms with Gasteiger partial charge in [0.2, 0.25) is 5.88 Å². The van der Waals surface area contributed by atoms with Gasteiger partial charge in [0.15, 0.2) is 5.78 Å². The second-order valence-electron chi connectivity index (χ2n) is 3.09. The van der Waals surface area contributed by atoms with Gasteiger partial charge in [0.05, 0.1) is 7.11 Å². The normalized spacial score (nSPS) is 9.86. The first-order valence-corrected chi connectivity index (χ1v) is 4.82. The molecule has 1 heterocycles. The molecule has 0 radical (unpaired) electrons. The van der Waals surface area contributed by atoms with Crippen molar-refractivity contribution >= 4 is 5.78 Å². The van der Waals surface area contributed by atoms with Crippen LogP contribution in [0, 0.1) is 0 Å². The number of aromatic nitrogens is 1. The van der Waals surface area contributed by atoms with E-state index in [9.17, 15) is 4.79 Å². The molecule has 0 aromatic carbocycles. The van der Waals surface area contributed by atoms with Crippen LogP contribution in [-0.2, 0) is 0 Å². The molecule has 0 N–H and O–H groups in total. The number of ether oxygens (including phenoxy) is 1. The van der Waals surface area contributed by atoms with Crippen molar-refractivity contribution in [1.29, 1.82) is 0 Å². The first kappa shape index (κ1) is 10.7. The van der Waals surface area contributed by atoms with E-state index in [0.29, 0.717) is 18.0 Å². The topological polar surface area (TPSA) is 39.2 Å². The van der Waals surface area contributed by atoms with Crippen molar-refractivity contribution in [2.45, 2.75) is 26.2 Å². The molecular formula is C11H15NO2. The van der Waals surface area contributed by atoms with E-state index in [1.807, 2.05) is 0 Å². The summed E-state index contributed by atoms with van der Waals surface area (Å²) < 4.78 is 4.95. The van der Waals surface area contributed by atoms with E-state index < -0.39 is 0 Å². The highest BCUT2D eigenvalue weighted by Crippen LogP contribution is 2.09. The number of methoxy groups -OCH3 is 1. The predicted molar refractivity (Wildman–Crippen MR) is 54.6 cm³/mol. The van der Waals surface area contributed by atoms with Crippen molar-refractivity contribution in [2.24, 2.45) is 0 Å². The van der Waals surface area contributed by atoms with Gasteiger partial charge in [0.1, 0.15) is 5.69 Å². The lowest BCUT2D eigenvalue weighted by Gasteiger charge is -2.01. The van der Waals surface area contributed by atoms with Crippen LogP contribution in [0.15, 0.2) is 18.2 Å². The van der Waals surface area contributed by atoms with Crippen molar-refractivity contribution in [2.75, 3.05) is 7.11 Å². The average molecular weight is 193 g/mol. The summed E-state index contributed by atoms with van der Waals surface area (Å²) in [6.07, 6.45) is 2.50.